The quantitative estimate of drug-likeness (QED) is 0.542. The first-order valence-electron chi connectivity index (χ1n) is 7.82. The maximum Gasteiger partial charge on any atom is 0.186 e. The lowest BCUT2D eigenvalue weighted by Gasteiger charge is -2.41. The monoisotopic (exact) mass is 330 g/mol. The van der Waals surface area contributed by atoms with E-state index in [1.165, 1.54) is 0 Å². The number of hydrogen-bond acceptors (Lipinski definition) is 7. The van der Waals surface area contributed by atoms with Gasteiger partial charge in [-0.25, -0.2) is 0 Å². The lowest BCUT2D eigenvalue weighted by atomic mass is 9.71. The molecule has 6 atom stereocenters. The normalized spacial score (nSPS) is 40.8. The molecule has 0 aromatic carbocycles. The lowest BCUT2D eigenvalue weighted by Crippen LogP contribution is -2.59. The van der Waals surface area contributed by atoms with E-state index in [1.54, 1.807) is 6.92 Å². The Morgan fingerprint density at radius 2 is 1.91 bits per heavy atom. The highest BCUT2D eigenvalue weighted by Gasteiger charge is 2.45. The van der Waals surface area contributed by atoms with Crippen molar-refractivity contribution in [3.63, 3.8) is 0 Å². The molecule has 4 N–H and O–H groups in total. The molecule has 0 spiro atoms. The second-order valence-electron chi connectivity index (χ2n) is 7.00. The Hall–Kier alpha value is -0.830. The second kappa shape index (κ2) is 6.96. The van der Waals surface area contributed by atoms with Crippen LogP contribution < -0.4 is 0 Å². The summed E-state index contributed by atoms with van der Waals surface area (Å²) < 4.78 is 10.9. The van der Waals surface area contributed by atoms with Crippen LogP contribution in [0.4, 0.5) is 0 Å². The summed E-state index contributed by atoms with van der Waals surface area (Å²) in [6.45, 7) is 5.46. The summed E-state index contributed by atoms with van der Waals surface area (Å²) in [5, 5.41) is 38.6. The zero-order valence-corrected chi connectivity index (χ0v) is 13.7. The van der Waals surface area contributed by atoms with E-state index in [9.17, 15) is 20.1 Å². The Morgan fingerprint density at radius 3 is 2.52 bits per heavy atom. The zero-order chi connectivity index (χ0) is 17.4. The summed E-state index contributed by atoms with van der Waals surface area (Å²) in [5.74, 6) is -0.0298. The van der Waals surface area contributed by atoms with Gasteiger partial charge in [0.25, 0.3) is 0 Å². The molecule has 0 aromatic heterocycles. The molecule has 1 heterocycles. The first-order valence-corrected chi connectivity index (χ1v) is 7.82. The van der Waals surface area contributed by atoms with E-state index in [0.29, 0.717) is 6.42 Å². The van der Waals surface area contributed by atoms with Crippen molar-refractivity contribution in [1.82, 2.24) is 0 Å². The lowest BCUT2D eigenvalue weighted by molar-refractivity contribution is -0.304. The SMILES string of the molecule is CC1=CC(C)(C)C(COC2OC(CO)C(O)C(O)C2O)CC1=O. The molecular weight excluding hydrogens is 304 g/mol. The highest BCUT2D eigenvalue weighted by atomic mass is 16.7. The number of aliphatic hydroxyl groups excluding tert-OH is 4. The average Bonchev–Trinajstić information content (AvgIpc) is 2.48. The molecule has 23 heavy (non-hydrogen) atoms. The van der Waals surface area contributed by atoms with E-state index < -0.39 is 37.3 Å². The van der Waals surface area contributed by atoms with Gasteiger partial charge >= 0.3 is 0 Å². The number of ether oxygens (including phenoxy) is 2. The topological polar surface area (TPSA) is 116 Å². The fourth-order valence-corrected chi connectivity index (χ4v) is 3.09. The van der Waals surface area contributed by atoms with Gasteiger partial charge < -0.3 is 29.9 Å². The van der Waals surface area contributed by atoms with Gasteiger partial charge in [-0.3, -0.25) is 4.79 Å². The van der Waals surface area contributed by atoms with E-state index in [4.69, 9.17) is 14.6 Å². The minimum atomic E-state index is -1.46. The first kappa shape index (κ1) is 18.5. The first-order chi connectivity index (χ1) is 10.7. The third-order valence-corrected chi connectivity index (χ3v) is 4.82. The van der Waals surface area contributed by atoms with Gasteiger partial charge in [-0.15, -0.1) is 0 Å². The van der Waals surface area contributed by atoms with Crippen molar-refractivity contribution in [2.45, 2.75) is 57.9 Å². The molecule has 1 fully saturated rings. The van der Waals surface area contributed by atoms with Crippen LogP contribution in [0.3, 0.4) is 0 Å². The molecule has 0 radical (unpaired) electrons. The fourth-order valence-electron chi connectivity index (χ4n) is 3.09. The number of ketones is 1. The molecule has 2 rings (SSSR count). The van der Waals surface area contributed by atoms with Crippen molar-refractivity contribution in [2.24, 2.45) is 11.3 Å². The maximum atomic E-state index is 11.9. The van der Waals surface area contributed by atoms with Crippen LogP contribution in [-0.2, 0) is 14.3 Å². The van der Waals surface area contributed by atoms with E-state index in [0.717, 1.165) is 5.57 Å². The van der Waals surface area contributed by atoms with Crippen molar-refractivity contribution in [3.8, 4) is 0 Å². The van der Waals surface area contributed by atoms with Gasteiger partial charge in [0, 0.05) is 6.42 Å². The average molecular weight is 330 g/mol. The van der Waals surface area contributed by atoms with Crippen LogP contribution in [0, 0.1) is 11.3 Å². The Balaban J connectivity index is 2.01. The molecular formula is C16H26O7. The zero-order valence-electron chi connectivity index (χ0n) is 13.7. The molecule has 7 heteroatoms. The van der Waals surface area contributed by atoms with Crippen LogP contribution >= 0.6 is 0 Å². The molecule has 7 nitrogen and oxygen atoms in total. The molecule has 0 bridgehead atoms. The minimum absolute atomic E-state index is 0.0618. The molecule has 6 unspecified atom stereocenters. The molecule has 1 saturated heterocycles. The Bertz CT molecular complexity index is 471. The van der Waals surface area contributed by atoms with Crippen LogP contribution in [0.2, 0.25) is 0 Å². The van der Waals surface area contributed by atoms with Crippen LogP contribution in [0.25, 0.3) is 0 Å². The summed E-state index contributed by atoms with van der Waals surface area (Å²) in [6, 6.07) is 0. The van der Waals surface area contributed by atoms with E-state index >= 15 is 0 Å². The largest absolute Gasteiger partial charge is 0.394 e. The van der Waals surface area contributed by atoms with Gasteiger partial charge in [-0.2, -0.15) is 0 Å². The standard InChI is InChI=1S/C16H26O7/c1-8-5-16(2,3)9(4-10(8)18)7-22-15-14(21)13(20)12(19)11(6-17)23-15/h5,9,11-15,17,19-21H,4,6-7H2,1-3H3. The third-order valence-electron chi connectivity index (χ3n) is 4.82. The predicted octanol–water partition coefficient (Wildman–Crippen LogP) is -0.636. The molecule has 0 aromatic rings. The van der Waals surface area contributed by atoms with E-state index in [2.05, 4.69) is 0 Å². The van der Waals surface area contributed by atoms with E-state index in [-0.39, 0.29) is 23.7 Å². The number of aliphatic hydroxyl groups is 4. The molecule has 1 aliphatic carbocycles. The Labute approximate surface area is 135 Å². The van der Waals surface area contributed by atoms with Gasteiger partial charge in [0.1, 0.15) is 24.4 Å². The fraction of sp³-hybridized carbons (Fsp3) is 0.812. The highest BCUT2D eigenvalue weighted by molar-refractivity contribution is 5.96. The summed E-state index contributed by atoms with van der Waals surface area (Å²) in [6.07, 6.45) is -4.20. The number of carbonyl (C=O) groups excluding carboxylic acids is 1. The van der Waals surface area contributed by atoms with Crippen molar-refractivity contribution >= 4 is 5.78 Å². The molecule has 0 saturated carbocycles. The molecule has 132 valence electrons. The molecule has 2 aliphatic rings. The Morgan fingerprint density at radius 1 is 1.26 bits per heavy atom. The summed E-state index contributed by atoms with van der Waals surface area (Å²) in [4.78, 5) is 11.9. The number of carbonyl (C=O) groups is 1. The number of Topliss-reactive ketones (excluding diaryl/α,β-unsaturated/α-hetero) is 1. The van der Waals surface area contributed by atoms with Crippen molar-refractivity contribution < 1.29 is 34.7 Å². The number of rotatable bonds is 4. The Kier molecular flexibility index (Phi) is 5.60. The van der Waals surface area contributed by atoms with Crippen LogP contribution in [-0.4, -0.2) is 70.1 Å². The van der Waals surface area contributed by atoms with Crippen molar-refractivity contribution in [2.75, 3.05) is 13.2 Å². The van der Waals surface area contributed by atoms with Crippen molar-refractivity contribution in [1.29, 1.82) is 0 Å². The van der Waals surface area contributed by atoms with Gasteiger partial charge in [0.15, 0.2) is 12.1 Å². The van der Waals surface area contributed by atoms with Crippen LogP contribution in [0.15, 0.2) is 11.6 Å². The van der Waals surface area contributed by atoms with Gasteiger partial charge in [0.05, 0.1) is 13.2 Å². The molecule has 1 aliphatic heterocycles. The summed E-state index contributed by atoms with van der Waals surface area (Å²) in [7, 11) is 0. The molecule has 0 amide bonds. The van der Waals surface area contributed by atoms with Crippen LogP contribution in [0.5, 0.6) is 0 Å². The summed E-state index contributed by atoms with van der Waals surface area (Å²) in [5.41, 5.74) is 0.491. The van der Waals surface area contributed by atoms with Gasteiger partial charge in [-0.05, 0) is 23.8 Å². The van der Waals surface area contributed by atoms with Crippen LogP contribution in [0.1, 0.15) is 27.2 Å². The predicted molar refractivity (Wildman–Crippen MR) is 80.4 cm³/mol. The minimum Gasteiger partial charge on any atom is -0.394 e. The third kappa shape index (κ3) is 3.81. The highest BCUT2D eigenvalue weighted by Crippen LogP contribution is 2.38. The maximum absolute atomic E-state index is 11.9. The number of allylic oxidation sites excluding steroid dienone is 2. The van der Waals surface area contributed by atoms with E-state index in [1.807, 2.05) is 19.9 Å². The number of hydrogen-bond donors (Lipinski definition) is 4. The van der Waals surface area contributed by atoms with Gasteiger partial charge in [0.2, 0.25) is 0 Å². The van der Waals surface area contributed by atoms with Crippen molar-refractivity contribution in [3.05, 3.63) is 11.6 Å². The second-order valence-corrected chi connectivity index (χ2v) is 7.00. The van der Waals surface area contributed by atoms with Gasteiger partial charge in [-0.1, -0.05) is 19.9 Å². The summed E-state index contributed by atoms with van der Waals surface area (Å²) >= 11 is 0. The smallest absolute Gasteiger partial charge is 0.186 e.